The molecule has 1 aromatic carbocycles. The summed E-state index contributed by atoms with van der Waals surface area (Å²) in [5.74, 6) is 0.980. The number of ether oxygens (including phenoxy) is 1. The maximum Gasteiger partial charge on any atom is 0.141 e. The Morgan fingerprint density at radius 3 is 2.73 bits per heavy atom. The SMILES string of the molecule is COc1cccc(CN(C)Cc2c(CO)cnc(C)c2O)c1. The topological polar surface area (TPSA) is 65.8 Å². The van der Waals surface area contributed by atoms with Gasteiger partial charge in [0.25, 0.3) is 0 Å². The number of aryl methyl sites for hydroxylation is 1. The van der Waals surface area contributed by atoms with Crippen molar-refractivity contribution in [3.05, 3.63) is 52.8 Å². The predicted molar refractivity (Wildman–Crippen MR) is 84.7 cm³/mol. The highest BCUT2D eigenvalue weighted by molar-refractivity contribution is 5.40. The molecular formula is C17H22N2O3. The second kappa shape index (κ2) is 7.24. The van der Waals surface area contributed by atoms with E-state index in [0.29, 0.717) is 24.3 Å². The van der Waals surface area contributed by atoms with Gasteiger partial charge in [0.2, 0.25) is 0 Å². The number of aliphatic hydroxyl groups excluding tert-OH is 1. The lowest BCUT2D eigenvalue weighted by atomic mass is 10.1. The molecule has 0 fully saturated rings. The molecule has 2 aromatic rings. The molecule has 22 heavy (non-hydrogen) atoms. The van der Waals surface area contributed by atoms with Crippen LogP contribution < -0.4 is 4.74 Å². The first-order chi connectivity index (χ1) is 10.5. The number of aromatic hydroxyl groups is 1. The van der Waals surface area contributed by atoms with Crippen molar-refractivity contribution in [3.63, 3.8) is 0 Å². The van der Waals surface area contributed by atoms with Gasteiger partial charge in [-0.3, -0.25) is 9.88 Å². The van der Waals surface area contributed by atoms with Gasteiger partial charge in [0.15, 0.2) is 0 Å². The zero-order valence-corrected chi connectivity index (χ0v) is 13.2. The van der Waals surface area contributed by atoms with E-state index in [1.807, 2.05) is 31.3 Å². The molecule has 0 bridgehead atoms. The highest BCUT2D eigenvalue weighted by Gasteiger charge is 2.13. The molecule has 0 saturated heterocycles. The standard InChI is InChI=1S/C17H22N2O3/c1-12-17(21)16(14(11-20)8-18-12)10-19(2)9-13-5-4-6-15(7-13)22-3/h4-8,20-21H,9-11H2,1-3H3. The molecule has 5 heteroatoms. The van der Waals surface area contributed by atoms with Gasteiger partial charge in [-0.1, -0.05) is 12.1 Å². The molecule has 2 N–H and O–H groups in total. The number of nitrogens with zero attached hydrogens (tertiary/aromatic N) is 2. The number of pyridine rings is 1. The second-order valence-electron chi connectivity index (χ2n) is 5.38. The average molecular weight is 302 g/mol. The molecule has 0 saturated carbocycles. The molecule has 0 aliphatic rings. The summed E-state index contributed by atoms with van der Waals surface area (Å²) in [5.41, 5.74) is 3.07. The van der Waals surface area contributed by atoms with Gasteiger partial charge >= 0.3 is 0 Å². The lowest BCUT2D eigenvalue weighted by Gasteiger charge is -2.20. The Hall–Kier alpha value is -2.11. The number of aliphatic hydroxyl groups is 1. The summed E-state index contributed by atoms with van der Waals surface area (Å²) in [4.78, 5) is 6.15. The Bertz CT molecular complexity index is 644. The summed E-state index contributed by atoms with van der Waals surface area (Å²) in [6.45, 7) is 2.86. The number of benzene rings is 1. The summed E-state index contributed by atoms with van der Waals surface area (Å²) in [6, 6.07) is 7.88. The maximum atomic E-state index is 10.2. The van der Waals surface area contributed by atoms with Crippen molar-refractivity contribution < 1.29 is 14.9 Å². The molecule has 0 aliphatic carbocycles. The first kappa shape index (κ1) is 16.3. The minimum Gasteiger partial charge on any atom is -0.506 e. The molecule has 1 heterocycles. The molecule has 5 nitrogen and oxygen atoms in total. The van der Waals surface area contributed by atoms with E-state index in [9.17, 15) is 10.2 Å². The molecular weight excluding hydrogens is 280 g/mol. The van der Waals surface area contributed by atoms with Gasteiger partial charge in [-0.25, -0.2) is 0 Å². The average Bonchev–Trinajstić information content (AvgIpc) is 2.52. The normalized spacial score (nSPS) is 11.0. The fraction of sp³-hybridized carbons (Fsp3) is 0.353. The monoisotopic (exact) mass is 302 g/mol. The van der Waals surface area contributed by atoms with Crippen LogP contribution in [0.15, 0.2) is 30.5 Å². The van der Waals surface area contributed by atoms with Gasteiger partial charge < -0.3 is 14.9 Å². The maximum absolute atomic E-state index is 10.2. The van der Waals surface area contributed by atoms with Crippen LogP contribution in [0.2, 0.25) is 0 Å². The van der Waals surface area contributed by atoms with Crippen LogP contribution in [0.5, 0.6) is 11.5 Å². The first-order valence-electron chi connectivity index (χ1n) is 7.13. The van der Waals surface area contributed by atoms with E-state index in [1.165, 1.54) is 0 Å². The fourth-order valence-corrected chi connectivity index (χ4v) is 2.41. The molecule has 0 atom stereocenters. The summed E-state index contributed by atoms with van der Waals surface area (Å²) < 4.78 is 5.23. The Kier molecular flexibility index (Phi) is 5.35. The molecule has 2 rings (SSSR count). The van der Waals surface area contributed by atoms with E-state index in [2.05, 4.69) is 9.88 Å². The molecule has 0 spiro atoms. The third kappa shape index (κ3) is 3.75. The van der Waals surface area contributed by atoms with E-state index in [-0.39, 0.29) is 12.4 Å². The quantitative estimate of drug-likeness (QED) is 0.856. The Morgan fingerprint density at radius 1 is 1.27 bits per heavy atom. The van der Waals surface area contributed by atoms with Crippen LogP contribution in [0.4, 0.5) is 0 Å². The highest BCUT2D eigenvalue weighted by Crippen LogP contribution is 2.25. The fourth-order valence-electron chi connectivity index (χ4n) is 2.41. The molecule has 0 amide bonds. The first-order valence-corrected chi connectivity index (χ1v) is 7.13. The van der Waals surface area contributed by atoms with Crippen molar-refractivity contribution in [2.75, 3.05) is 14.2 Å². The molecule has 0 radical (unpaired) electrons. The molecule has 0 aliphatic heterocycles. The summed E-state index contributed by atoms with van der Waals surface area (Å²) in [7, 11) is 3.62. The van der Waals surface area contributed by atoms with Crippen molar-refractivity contribution in [1.29, 1.82) is 0 Å². The third-order valence-corrected chi connectivity index (χ3v) is 3.62. The largest absolute Gasteiger partial charge is 0.506 e. The van der Waals surface area contributed by atoms with Gasteiger partial charge in [0.1, 0.15) is 11.5 Å². The van der Waals surface area contributed by atoms with Gasteiger partial charge in [-0.05, 0) is 31.7 Å². The number of aromatic nitrogens is 1. The van der Waals surface area contributed by atoms with Gasteiger partial charge in [0.05, 0.1) is 19.4 Å². The summed E-state index contributed by atoms with van der Waals surface area (Å²) >= 11 is 0. The third-order valence-electron chi connectivity index (χ3n) is 3.62. The van der Waals surface area contributed by atoms with Crippen LogP contribution in [-0.4, -0.2) is 34.3 Å². The van der Waals surface area contributed by atoms with Crippen molar-refractivity contribution in [3.8, 4) is 11.5 Å². The molecule has 0 unspecified atom stereocenters. The Labute approximate surface area is 130 Å². The zero-order valence-electron chi connectivity index (χ0n) is 13.2. The lowest BCUT2D eigenvalue weighted by Crippen LogP contribution is -2.18. The van der Waals surface area contributed by atoms with Crippen LogP contribution >= 0.6 is 0 Å². The van der Waals surface area contributed by atoms with E-state index in [1.54, 1.807) is 20.2 Å². The van der Waals surface area contributed by atoms with E-state index < -0.39 is 0 Å². The van der Waals surface area contributed by atoms with Gasteiger partial charge in [0, 0.05) is 30.4 Å². The smallest absolute Gasteiger partial charge is 0.141 e. The van der Waals surface area contributed by atoms with Gasteiger partial charge in [-0.2, -0.15) is 0 Å². The predicted octanol–water partition coefficient (Wildman–Crippen LogP) is 2.23. The van der Waals surface area contributed by atoms with Crippen molar-refractivity contribution in [2.45, 2.75) is 26.6 Å². The minimum absolute atomic E-state index is 0.136. The lowest BCUT2D eigenvalue weighted by molar-refractivity contribution is 0.270. The number of rotatable bonds is 6. The Morgan fingerprint density at radius 2 is 2.05 bits per heavy atom. The highest BCUT2D eigenvalue weighted by atomic mass is 16.5. The number of methoxy groups -OCH3 is 1. The van der Waals surface area contributed by atoms with Crippen LogP contribution in [0.1, 0.15) is 22.4 Å². The van der Waals surface area contributed by atoms with Crippen molar-refractivity contribution in [1.82, 2.24) is 9.88 Å². The van der Waals surface area contributed by atoms with Crippen molar-refractivity contribution in [2.24, 2.45) is 0 Å². The minimum atomic E-state index is -0.136. The number of hydrogen-bond acceptors (Lipinski definition) is 5. The summed E-state index contributed by atoms with van der Waals surface area (Å²) in [6.07, 6.45) is 1.61. The van der Waals surface area contributed by atoms with E-state index in [0.717, 1.165) is 16.9 Å². The van der Waals surface area contributed by atoms with Crippen LogP contribution in [-0.2, 0) is 19.7 Å². The summed E-state index contributed by atoms with van der Waals surface area (Å²) in [5, 5.41) is 19.6. The van der Waals surface area contributed by atoms with Crippen LogP contribution in [0.3, 0.4) is 0 Å². The van der Waals surface area contributed by atoms with Crippen LogP contribution in [0.25, 0.3) is 0 Å². The van der Waals surface area contributed by atoms with Crippen molar-refractivity contribution >= 4 is 0 Å². The molecule has 1 aromatic heterocycles. The Balaban J connectivity index is 2.15. The van der Waals surface area contributed by atoms with E-state index >= 15 is 0 Å². The molecule has 118 valence electrons. The number of hydrogen-bond donors (Lipinski definition) is 2. The van der Waals surface area contributed by atoms with Crippen LogP contribution in [0, 0.1) is 6.92 Å². The zero-order chi connectivity index (χ0) is 16.1. The second-order valence-corrected chi connectivity index (χ2v) is 5.38. The van der Waals surface area contributed by atoms with Gasteiger partial charge in [-0.15, -0.1) is 0 Å². The van der Waals surface area contributed by atoms with E-state index in [4.69, 9.17) is 4.74 Å².